The Bertz CT molecular complexity index is 621. The third kappa shape index (κ3) is 3.43. The lowest BCUT2D eigenvalue weighted by Crippen LogP contribution is -2.34. The van der Waals surface area contributed by atoms with Gasteiger partial charge in [-0.25, -0.2) is 0 Å². The summed E-state index contributed by atoms with van der Waals surface area (Å²) in [5, 5.41) is 3.60. The molecule has 0 amide bonds. The smallest absolute Gasteiger partial charge is 0.121 e. The zero-order valence-electron chi connectivity index (χ0n) is 11.8. The maximum atomic E-state index is 5.28. The fourth-order valence-electron chi connectivity index (χ4n) is 2.70. The topological polar surface area (TPSA) is 21.3 Å². The molecule has 1 aliphatic rings. The van der Waals surface area contributed by atoms with E-state index in [-0.39, 0.29) is 0 Å². The van der Waals surface area contributed by atoms with E-state index in [1.165, 1.54) is 18.4 Å². The third-order valence-corrected chi connectivity index (χ3v) is 5.23. The molecule has 21 heavy (non-hydrogen) atoms. The van der Waals surface area contributed by atoms with Gasteiger partial charge in [-0.1, -0.05) is 28.1 Å². The Balaban J connectivity index is 1.61. The number of methoxy groups -OCH3 is 1. The molecule has 1 N–H and O–H groups in total. The molecule has 4 heteroatoms. The molecule has 110 valence electrons. The van der Waals surface area contributed by atoms with Crippen molar-refractivity contribution in [3.8, 4) is 5.75 Å². The molecule has 0 aromatic heterocycles. The van der Waals surface area contributed by atoms with Crippen LogP contribution >= 0.6 is 31.9 Å². The number of hydrogen-bond donors (Lipinski definition) is 1. The number of benzene rings is 2. The van der Waals surface area contributed by atoms with E-state index in [0.717, 1.165) is 20.4 Å². The van der Waals surface area contributed by atoms with Gasteiger partial charge in [0.15, 0.2) is 0 Å². The summed E-state index contributed by atoms with van der Waals surface area (Å²) in [5.74, 6) is 1.55. The molecule has 2 nitrogen and oxygen atoms in total. The van der Waals surface area contributed by atoms with Gasteiger partial charge in [-0.05, 0) is 64.5 Å². The molecule has 1 aliphatic carbocycles. The van der Waals surface area contributed by atoms with Crippen molar-refractivity contribution >= 4 is 37.5 Å². The van der Waals surface area contributed by atoms with Crippen molar-refractivity contribution in [2.24, 2.45) is 0 Å². The summed E-state index contributed by atoms with van der Waals surface area (Å²) in [6.07, 6.45) is 2.34. The van der Waals surface area contributed by atoms with E-state index in [1.54, 1.807) is 7.11 Å². The number of nitrogens with one attached hydrogen (secondary N) is 1. The van der Waals surface area contributed by atoms with Gasteiger partial charge >= 0.3 is 0 Å². The summed E-state index contributed by atoms with van der Waals surface area (Å²) in [5.41, 5.74) is 2.54. The first-order valence-corrected chi connectivity index (χ1v) is 8.60. The van der Waals surface area contributed by atoms with Crippen molar-refractivity contribution in [1.82, 2.24) is 0 Å². The maximum Gasteiger partial charge on any atom is 0.121 e. The van der Waals surface area contributed by atoms with Crippen LogP contribution < -0.4 is 10.1 Å². The minimum Gasteiger partial charge on any atom is -0.497 e. The lowest BCUT2D eigenvalue weighted by atomic mass is 9.76. The van der Waals surface area contributed by atoms with Gasteiger partial charge in [0.05, 0.1) is 12.8 Å². The minimum absolute atomic E-state index is 0.530. The first kappa shape index (κ1) is 14.9. The lowest BCUT2D eigenvalue weighted by molar-refractivity contribution is 0.373. The molecule has 2 aromatic rings. The predicted molar refractivity (Wildman–Crippen MR) is 94.2 cm³/mol. The van der Waals surface area contributed by atoms with Gasteiger partial charge in [0.2, 0.25) is 0 Å². The van der Waals surface area contributed by atoms with Gasteiger partial charge in [-0.3, -0.25) is 0 Å². The Hall–Kier alpha value is -1.00. The summed E-state index contributed by atoms with van der Waals surface area (Å²) >= 11 is 7.07. The molecule has 0 unspecified atom stereocenters. The van der Waals surface area contributed by atoms with E-state index in [2.05, 4.69) is 61.4 Å². The van der Waals surface area contributed by atoms with Crippen molar-refractivity contribution in [3.05, 3.63) is 57.0 Å². The molecule has 1 fully saturated rings. The van der Waals surface area contributed by atoms with Crippen LogP contribution in [0.15, 0.2) is 51.4 Å². The van der Waals surface area contributed by atoms with E-state index in [1.807, 2.05) is 18.2 Å². The molecule has 0 bridgehead atoms. The first-order chi connectivity index (χ1) is 10.2. The van der Waals surface area contributed by atoms with E-state index in [9.17, 15) is 0 Å². The van der Waals surface area contributed by atoms with Gasteiger partial charge in [-0.15, -0.1) is 0 Å². The Morgan fingerprint density at radius 2 is 1.76 bits per heavy atom. The van der Waals surface area contributed by atoms with Gasteiger partial charge < -0.3 is 10.1 Å². The summed E-state index contributed by atoms with van der Waals surface area (Å²) in [6, 6.07) is 15.2. The highest BCUT2D eigenvalue weighted by Gasteiger charge is 2.30. The van der Waals surface area contributed by atoms with Crippen molar-refractivity contribution in [3.63, 3.8) is 0 Å². The molecular formula is C17H17Br2NO. The molecular weight excluding hydrogens is 394 g/mol. The molecule has 3 rings (SSSR count). The molecule has 0 radical (unpaired) electrons. The fraction of sp³-hybridized carbons (Fsp3) is 0.294. The highest BCUT2D eigenvalue weighted by molar-refractivity contribution is 9.10. The highest BCUT2D eigenvalue weighted by Crippen LogP contribution is 2.40. The van der Waals surface area contributed by atoms with Crippen LogP contribution in [0.1, 0.15) is 24.3 Å². The number of ether oxygens (including phenoxy) is 1. The Kier molecular flexibility index (Phi) is 4.55. The zero-order valence-corrected chi connectivity index (χ0v) is 14.9. The van der Waals surface area contributed by atoms with Crippen LogP contribution in [-0.2, 0) is 0 Å². The Morgan fingerprint density at radius 3 is 2.43 bits per heavy atom. The van der Waals surface area contributed by atoms with E-state index in [4.69, 9.17) is 4.74 Å². The van der Waals surface area contributed by atoms with Crippen LogP contribution in [-0.4, -0.2) is 13.2 Å². The highest BCUT2D eigenvalue weighted by atomic mass is 79.9. The molecule has 0 saturated heterocycles. The van der Waals surface area contributed by atoms with Crippen LogP contribution in [0, 0.1) is 0 Å². The second-order valence-electron chi connectivity index (χ2n) is 5.41. The lowest BCUT2D eigenvalue weighted by Gasteiger charge is -2.37. The normalized spacial score (nSPS) is 20.7. The zero-order chi connectivity index (χ0) is 14.8. The van der Waals surface area contributed by atoms with Crippen molar-refractivity contribution in [2.45, 2.75) is 24.8 Å². The minimum atomic E-state index is 0.530. The summed E-state index contributed by atoms with van der Waals surface area (Å²) in [7, 11) is 1.69. The van der Waals surface area contributed by atoms with Crippen LogP contribution in [0.5, 0.6) is 5.75 Å². The predicted octanol–water partition coefficient (Wildman–Crippen LogP) is 5.58. The SMILES string of the molecule is COc1ccc(Br)c(NC2CC(c3ccc(Br)cc3)C2)c1. The summed E-state index contributed by atoms with van der Waals surface area (Å²) in [6.45, 7) is 0. The van der Waals surface area contributed by atoms with Crippen molar-refractivity contribution < 1.29 is 4.74 Å². The first-order valence-electron chi connectivity index (χ1n) is 7.01. The quantitative estimate of drug-likeness (QED) is 0.710. The van der Waals surface area contributed by atoms with Crippen LogP contribution in [0.4, 0.5) is 5.69 Å². The standard InChI is InChI=1S/C17H17Br2NO/c1-21-15-6-7-16(19)17(10-15)20-14-8-12(9-14)11-2-4-13(18)5-3-11/h2-7,10,12,14,20H,8-9H2,1H3. The molecule has 0 atom stereocenters. The van der Waals surface area contributed by atoms with E-state index >= 15 is 0 Å². The third-order valence-electron chi connectivity index (χ3n) is 4.01. The molecule has 1 saturated carbocycles. The van der Waals surface area contributed by atoms with Gasteiger partial charge in [0.1, 0.15) is 5.75 Å². The monoisotopic (exact) mass is 409 g/mol. The Morgan fingerprint density at radius 1 is 1.05 bits per heavy atom. The van der Waals surface area contributed by atoms with Crippen LogP contribution in [0.2, 0.25) is 0 Å². The number of halogens is 2. The second kappa shape index (κ2) is 6.41. The van der Waals surface area contributed by atoms with E-state index in [0.29, 0.717) is 12.0 Å². The molecule has 0 aliphatic heterocycles. The van der Waals surface area contributed by atoms with Gasteiger partial charge in [0.25, 0.3) is 0 Å². The van der Waals surface area contributed by atoms with Crippen LogP contribution in [0.25, 0.3) is 0 Å². The maximum absolute atomic E-state index is 5.28. The average Bonchev–Trinajstić information content (AvgIpc) is 2.45. The fourth-order valence-corrected chi connectivity index (χ4v) is 3.33. The van der Waals surface area contributed by atoms with Crippen LogP contribution in [0.3, 0.4) is 0 Å². The summed E-state index contributed by atoms with van der Waals surface area (Å²) < 4.78 is 7.50. The van der Waals surface area contributed by atoms with E-state index < -0.39 is 0 Å². The number of hydrogen-bond acceptors (Lipinski definition) is 2. The average molecular weight is 411 g/mol. The number of rotatable bonds is 4. The second-order valence-corrected chi connectivity index (χ2v) is 7.18. The van der Waals surface area contributed by atoms with Gasteiger partial charge in [-0.2, -0.15) is 0 Å². The Labute approximate surface area is 142 Å². The van der Waals surface area contributed by atoms with Crippen molar-refractivity contribution in [1.29, 1.82) is 0 Å². The molecule has 0 heterocycles. The molecule has 2 aromatic carbocycles. The molecule has 0 spiro atoms. The van der Waals surface area contributed by atoms with Crippen molar-refractivity contribution in [2.75, 3.05) is 12.4 Å². The van der Waals surface area contributed by atoms with Gasteiger partial charge in [0, 0.05) is 21.1 Å². The summed E-state index contributed by atoms with van der Waals surface area (Å²) in [4.78, 5) is 0. The number of anilines is 1. The largest absolute Gasteiger partial charge is 0.497 e.